The minimum absolute atomic E-state index is 0.211. The minimum Gasteiger partial charge on any atom is -0.462 e. The third-order valence-corrected chi connectivity index (χ3v) is 5.93. The summed E-state index contributed by atoms with van der Waals surface area (Å²) in [5.74, 6) is -2.22. The van der Waals surface area contributed by atoms with E-state index in [-0.39, 0.29) is 19.1 Å². The molecule has 1 aliphatic heterocycles. The quantitative estimate of drug-likeness (QED) is 0.661. The monoisotopic (exact) mass is 442 g/mol. The summed E-state index contributed by atoms with van der Waals surface area (Å²) in [6.07, 6.45) is 0. The van der Waals surface area contributed by atoms with Gasteiger partial charge in [-0.3, -0.25) is 19.3 Å². The van der Waals surface area contributed by atoms with E-state index >= 15 is 0 Å². The molecular weight excluding hydrogens is 420 g/mol. The highest BCUT2D eigenvalue weighted by Crippen LogP contribution is 2.33. The van der Waals surface area contributed by atoms with Crippen molar-refractivity contribution in [3.05, 3.63) is 58.0 Å². The molecule has 0 radical (unpaired) electrons. The van der Waals surface area contributed by atoms with Crippen LogP contribution in [0, 0.1) is 13.8 Å². The number of carbonyl (C=O) groups is 4. The van der Waals surface area contributed by atoms with Gasteiger partial charge in [0.05, 0.1) is 12.2 Å². The molecule has 1 N–H and O–H groups in total. The van der Waals surface area contributed by atoms with E-state index in [0.717, 1.165) is 10.4 Å². The molecule has 1 aromatic heterocycles. The first-order valence-corrected chi connectivity index (χ1v) is 10.4. The molecule has 2 aromatic rings. The van der Waals surface area contributed by atoms with Gasteiger partial charge in [0, 0.05) is 21.7 Å². The summed E-state index contributed by atoms with van der Waals surface area (Å²) in [5, 5.41) is 2.94. The third-order valence-electron chi connectivity index (χ3n) is 4.81. The number of benzene rings is 1. The summed E-state index contributed by atoms with van der Waals surface area (Å²) < 4.78 is 10.1. The van der Waals surface area contributed by atoms with Crippen LogP contribution in [0.25, 0.3) is 5.70 Å². The highest BCUT2D eigenvalue weighted by molar-refractivity contribution is 7.16. The lowest BCUT2D eigenvalue weighted by Crippen LogP contribution is -2.32. The average molecular weight is 442 g/mol. The Bertz CT molecular complexity index is 1050. The van der Waals surface area contributed by atoms with E-state index in [0.29, 0.717) is 27.4 Å². The second kappa shape index (κ2) is 9.13. The molecule has 0 aliphatic carbocycles. The Hall–Kier alpha value is -3.46. The number of aryl methyl sites for hydroxylation is 1. The zero-order chi connectivity index (χ0) is 22.7. The van der Waals surface area contributed by atoms with Gasteiger partial charge < -0.3 is 14.8 Å². The van der Waals surface area contributed by atoms with Gasteiger partial charge in [0.15, 0.2) is 6.61 Å². The number of carbonyl (C=O) groups excluding carboxylic acids is 4. The maximum absolute atomic E-state index is 12.4. The van der Waals surface area contributed by atoms with Gasteiger partial charge in [-0.05, 0) is 32.4 Å². The van der Waals surface area contributed by atoms with Crippen molar-refractivity contribution in [3.8, 4) is 0 Å². The number of anilines is 1. The molecule has 0 bridgehead atoms. The van der Waals surface area contributed by atoms with Crippen molar-refractivity contribution in [2.24, 2.45) is 0 Å². The maximum Gasteiger partial charge on any atom is 0.341 e. The number of nitrogens with one attached hydrogen (secondary N) is 1. The fourth-order valence-corrected chi connectivity index (χ4v) is 4.21. The molecule has 162 valence electrons. The van der Waals surface area contributed by atoms with Crippen molar-refractivity contribution >= 4 is 45.8 Å². The summed E-state index contributed by atoms with van der Waals surface area (Å²) in [6.45, 7) is 8.45. The number of nitrogens with zero attached hydrogens (tertiary/aromatic N) is 1. The zero-order valence-corrected chi connectivity index (χ0v) is 18.3. The number of rotatable bonds is 7. The predicted octanol–water partition coefficient (Wildman–Crippen LogP) is 3.15. The number of hydrogen-bond acceptors (Lipinski definition) is 7. The number of amides is 2. The van der Waals surface area contributed by atoms with Crippen LogP contribution in [0.4, 0.5) is 5.00 Å². The van der Waals surface area contributed by atoms with Crippen molar-refractivity contribution in [3.63, 3.8) is 0 Å². The number of hydrogen-bond donors (Lipinski definition) is 1. The normalized spacial score (nSPS) is 12.5. The van der Waals surface area contributed by atoms with E-state index in [2.05, 4.69) is 11.9 Å². The van der Waals surface area contributed by atoms with Crippen LogP contribution < -0.4 is 5.32 Å². The lowest BCUT2D eigenvalue weighted by Gasteiger charge is -2.16. The summed E-state index contributed by atoms with van der Waals surface area (Å²) in [4.78, 5) is 51.2. The van der Waals surface area contributed by atoms with E-state index < -0.39 is 24.5 Å². The van der Waals surface area contributed by atoms with Crippen LogP contribution in [0.3, 0.4) is 0 Å². The second-order valence-corrected chi connectivity index (χ2v) is 8.03. The summed E-state index contributed by atoms with van der Waals surface area (Å²) in [5.41, 5.74) is 2.55. The van der Waals surface area contributed by atoms with Gasteiger partial charge in [-0.2, -0.15) is 0 Å². The van der Waals surface area contributed by atoms with Crippen LogP contribution in [0.2, 0.25) is 0 Å². The minimum atomic E-state index is -0.749. The van der Waals surface area contributed by atoms with Crippen molar-refractivity contribution in [1.82, 2.24) is 4.90 Å². The van der Waals surface area contributed by atoms with Crippen molar-refractivity contribution < 1.29 is 28.7 Å². The maximum atomic E-state index is 12.4. The molecule has 1 aromatic carbocycles. The number of esters is 2. The highest BCUT2D eigenvalue weighted by atomic mass is 32.1. The Morgan fingerprint density at radius 1 is 1.13 bits per heavy atom. The number of thiophene rings is 1. The Kier molecular flexibility index (Phi) is 6.55. The second-order valence-electron chi connectivity index (χ2n) is 6.80. The van der Waals surface area contributed by atoms with Gasteiger partial charge in [-0.15, -0.1) is 11.3 Å². The van der Waals surface area contributed by atoms with Crippen LogP contribution >= 0.6 is 11.3 Å². The van der Waals surface area contributed by atoms with E-state index in [9.17, 15) is 19.2 Å². The first kappa shape index (κ1) is 22.2. The smallest absolute Gasteiger partial charge is 0.341 e. The molecule has 3 rings (SSSR count). The Balaban J connectivity index is 1.58. The zero-order valence-electron chi connectivity index (χ0n) is 17.4. The molecule has 1 aliphatic rings. The number of ether oxygens (including phenoxy) is 2. The molecule has 8 nitrogen and oxygen atoms in total. The summed E-state index contributed by atoms with van der Waals surface area (Å²) in [7, 11) is 0. The highest BCUT2D eigenvalue weighted by Gasteiger charge is 2.32. The molecule has 0 saturated heterocycles. The topological polar surface area (TPSA) is 102 Å². The molecule has 0 saturated carbocycles. The summed E-state index contributed by atoms with van der Waals surface area (Å²) >= 11 is 1.24. The Morgan fingerprint density at radius 3 is 2.45 bits per heavy atom. The summed E-state index contributed by atoms with van der Waals surface area (Å²) in [6, 6.07) is 6.92. The Labute approximate surface area is 183 Å². The fraction of sp³-hybridized carbons (Fsp3) is 0.273. The number of fused-ring (bicyclic) bond motifs is 1. The molecule has 2 heterocycles. The van der Waals surface area contributed by atoms with Crippen LogP contribution in [-0.2, 0) is 19.1 Å². The molecule has 0 spiro atoms. The lowest BCUT2D eigenvalue weighted by atomic mass is 10.1. The molecule has 2 amide bonds. The molecule has 9 heteroatoms. The van der Waals surface area contributed by atoms with Crippen molar-refractivity contribution in [2.75, 3.05) is 25.1 Å². The average Bonchev–Trinajstić information content (AvgIpc) is 3.14. The van der Waals surface area contributed by atoms with E-state index in [1.807, 2.05) is 6.92 Å². The van der Waals surface area contributed by atoms with E-state index in [4.69, 9.17) is 9.47 Å². The lowest BCUT2D eigenvalue weighted by molar-refractivity contribution is -0.147. The molecule has 31 heavy (non-hydrogen) atoms. The van der Waals surface area contributed by atoms with Crippen molar-refractivity contribution in [1.29, 1.82) is 0 Å². The standard InChI is InChI=1S/C22H22N2O6S/c1-5-29-22(28)19-12(2)14(4)31-20(19)23-17(25)11-30-18(26)10-24-13(3)15-8-6-7-9-16(15)21(24)27/h6-9H,3,5,10-11H2,1-2,4H3,(H,23,25). The van der Waals surface area contributed by atoms with Crippen LogP contribution in [0.15, 0.2) is 30.8 Å². The fourth-order valence-electron chi connectivity index (χ4n) is 3.15. The van der Waals surface area contributed by atoms with Gasteiger partial charge >= 0.3 is 11.9 Å². The molecule has 0 fully saturated rings. The Morgan fingerprint density at radius 2 is 1.81 bits per heavy atom. The van der Waals surface area contributed by atoms with E-state index in [1.165, 1.54) is 16.2 Å². The van der Waals surface area contributed by atoms with E-state index in [1.54, 1.807) is 38.1 Å². The molecular formula is C22H22N2O6S. The third kappa shape index (κ3) is 4.51. The first-order chi connectivity index (χ1) is 14.7. The van der Waals surface area contributed by atoms with Gasteiger partial charge in [-0.1, -0.05) is 24.8 Å². The van der Waals surface area contributed by atoms with Gasteiger partial charge in [0.2, 0.25) is 0 Å². The van der Waals surface area contributed by atoms with Gasteiger partial charge in [0.1, 0.15) is 11.5 Å². The van der Waals surface area contributed by atoms with Gasteiger partial charge in [0.25, 0.3) is 11.8 Å². The first-order valence-electron chi connectivity index (χ1n) is 9.57. The molecule has 0 unspecified atom stereocenters. The van der Waals surface area contributed by atoms with Crippen molar-refractivity contribution in [2.45, 2.75) is 20.8 Å². The SMILES string of the molecule is C=C1c2ccccc2C(=O)N1CC(=O)OCC(=O)Nc1sc(C)c(C)c1C(=O)OCC. The van der Waals surface area contributed by atoms with Gasteiger partial charge in [-0.25, -0.2) is 4.79 Å². The van der Waals surface area contributed by atoms with Crippen LogP contribution in [0.1, 0.15) is 43.6 Å². The van der Waals surface area contributed by atoms with Crippen LogP contribution in [-0.4, -0.2) is 48.4 Å². The van der Waals surface area contributed by atoms with Crippen LogP contribution in [0.5, 0.6) is 0 Å². The predicted molar refractivity (Wildman–Crippen MR) is 116 cm³/mol. The molecule has 0 atom stereocenters. The largest absolute Gasteiger partial charge is 0.462 e.